The molecular weight excluding hydrogens is 237 g/mol. The fourth-order valence-electron chi connectivity index (χ4n) is 1.34. The molecule has 1 aromatic heterocycles. The first kappa shape index (κ1) is 13.4. The van der Waals surface area contributed by atoms with E-state index in [0.29, 0.717) is 17.2 Å². The number of nitrogens with zero attached hydrogens (tertiary/aromatic N) is 1. The highest BCUT2D eigenvalue weighted by atomic mass is 32.1. The summed E-state index contributed by atoms with van der Waals surface area (Å²) < 4.78 is 36.8. The molecule has 0 bridgehead atoms. The van der Waals surface area contributed by atoms with Crippen molar-refractivity contribution in [2.75, 3.05) is 13.1 Å². The molecule has 0 aliphatic heterocycles. The van der Waals surface area contributed by atoms with Gasteiger partial charge in [-0.15, -0.1) is 11.3 Å². The van der Waals surface area contributed by atoms with Crippen LogP contribution < -0.4 is 5.32 Å². The van der Waals surface area contributed by atoms with Crippen LogP contribution in [0.1, 0.15) is 23.7 Å². The van der Waals surface area contributed by atoms with Crippen LogP contribution in [0.3, 0.4) is 0 Å². The quantitative estimate of drug-likeness (QED) is 0.871. The first-order chi connectivity index (χ1) is 7.43. The van der Waals surface area contributed by atoms with E-state index in [1.807, 2.05) is 13.8 Å². The Morgan fingerprint density at radius 3 is 2.69 bits per heavy atom. The van der Waals surface area contributed by atoms with Crippen molar-refractivity contribution in [2.45, 2.75) is 26.4 Å². The molecule has 1 aromatic rings. The maximum Gasteiger partial charge on any atom is 0.443 e. The molecule has 0 aliphatic rings. The van der Waals surface area contributed by atoms with Gasteiger partial charge in [-0.05, 0) is 25.4 Å². The second-order valence-electron chi connectivity index (χ2n) is 3.75. The molecule has 92 valence electrons. The molecule has 6 heteroatoms. The lowest BCUT2D eigenvalue weighted by molar-refractivity contribution is -0.137. The van der Waals surface area contributed by atoms with Crippen molar-refractivity contribution in [1.82, 2.24) is 10.3 Å². The Labute approximate surface area is 96.9 Å². The first-order valence-electron chi connectivity index (χ1n) is 5.16. The number of aromatic nitrogens is 1. The van der Waals surface area contributed by atoms with E-state index in [9.17, 15) is 13.2 Å². The molecule has 1 unspecified atom stereocenters. The maximum absolute atomic E-state index is 12.3. The van der Waals surface area contributed by atoms with Crippen LogP contribution in [0.15, 0.2) is 6.20 Å². The zero-order valence-corrected chi connectivity index (χ0v) is 10.1. The largest absolute Gasteiger partial charge is 0.443 e. The summed E-state index contributed by atoms with van der Waals surface area (Å²) in [6.45, 7) is 5.70. The first-order valence-corrected chi connectivity index (χ1v) is 5.97. The fourth-order valence-corrected chi connectivity index (χ4v) is 2.28. The summed E-state index contributed by atoms with van der Waals surface area (Å²) in [6.07, 6.45) is -2.34. The third-order valence-corrected chi connectivity index (χ3v) is 3.15. The molecule has 0 fully saturated rings. The number of rotatable bonds is 5. The minimum absolute atomic E-state index is 0.321. The van der Waals surface area contributed by atoms with Crippen molar-refractivity contribution in [1.29, 1.82) is 0 Å². The van der Waals surface area contributed by atoms with Gasteiger partial charge in [-0.25, -0.2) is 4.98 Å². The number of thiazole rings is 1. The van der Waals surface area contributed by atoms with Gasteiger partial charge in [-0.1, -0.05) is 13.8 Å². The van der Waals surface area contributed by atoms with Gasteiger partial charge in [0.1, 0.15) is 0 Å². The molecule has 0 amide bonds. The van der Waals surface area contributed by atoms with E-state index in [0.717, 1.165) is 24.4 Å². The molecule has 0 saturated carbocycles. The molecule has 1 heterocycles. The number of halogens is 3. The van der Waals surface area contributed by atoms with Crippen LogP contribution in [-0.2, 0) is 12.6 Å². The highest BCUT2D eigenvalue weighted by molar-refractivity contribution is 7.11. The SMILES string of the molecule is CCNCC(C)Cc1cnc(C(F)(F)F)s1. The summed E-state index contributed by atoms with van der Waals surface area (Å²) in [6, 6.07) is 0. The summed E-state index contributed by atoms with van der Waals surface area (Å²) in [5.41, 5.74) is 0. The monoisotopic (exact) mass is 252 g/mol. The van der Waals surface area contributed by atoms with Gasteiger partial charge in [0, 0.05) is 11.1 Å². The van der Waals surface area contributed by atoms with E-state index in [2.05, 4.69) is 10.3 Å². The van der Waals surface area contributed by atoms with Crippen LogP contribution in [0, 0.1) is 5.92 Å². The van der Waals surface area contributed by atoms with Gasteiger partial charge in [0.05, 0.1) is 0 Å². The summed E-state index contributed by atoms with van der Waals surface area (Å²) in [4.78, 5) is 4.09. The Kier molecular flexibility index (Phi) is 4.73. The van der Waals surface area contributed by atoms with E-state index in [-0.39, 0.29) is 0 Å². The van der Waals surface area contributed by atoms with Gasteiger partial charge < -0.3 is 5.32 Å². The van der Waals surface area contributed by atoms with E-state index in [1.165, 1.54) is 6.20 Å². The van der Waals surface area contributed by atoms with Crippen LogP contribution in [0.5, 0.6) is 0 Å². The highest BCUT2D eigenvalue weighted by Crippen LogP contribution is 2.32. The second kappa shape index (κ2) is 5.63. The second-order valence-corrected chi connectivity index (χ2v) is 4.86. The summed E-state index contributed by atoms with van der Waals surface area (Å²) in [7, 11) is 0. The lowest BCUT2D eigenvalue weighted by Crippen LogP contribution is -2.21. The molecule has 0 aliphatic carbocycles. The Hall–Kier alpha value is -0.620. The Morgan fingerprint density at radius 1 is 1.50 bits per heavy atom. The predicted molar refractivity (Wildman–Crippen MR) is 58.5 cm³/mol. The molecule has 0 saturated heterocycles. The van der Waals surface area contributed by atoms with Gasteiger partial charge in [0.15, 0.2) is 5.01 Å². The minimum Gasteiger partial charge on any atom is -0.317 e. The molecule has 1 N–H and O–H groups in total. The zero-order chi connectivity index (χ0) is 12.2. The lowest BCUT2D eigenvalue weighted by atomic mass is 10.1. The van der Waals surface area contributed by atoms with Gasteiger partial charge in [-0.3, -0.25) is 0 Å². The molecule has 16 heavy (non-hydrogen) atoms. The number of alkyl halides is 3. The Morgan fingerprint density at radius 2 is 2.19 bits per heavy atom. The van der Waals surface area contributed by atoms with Crippen LogP contribution in [0.25, 0.3) is 0 Å². The van der Waals surface area contributed by atoms with Gasteiger partial charge in [0.2, 0.25) is 0 Å². The fraction of sp³-hybridized carbons (Fsp3) is 0.700. The lowest BCUT2D eigenvalue weighted by Gasteiger charge is -2.09. The number of hydrogen-bond acceptors (Lipinski definition) is 3. The zero-order valence-electron chi connectivity index (χ0n) is 9.27. The minimum atomic E-state index is -4.31. The summed E-state index contributed by atoms with van der Waals surface area (Å²) >= 11 is 0.738. The van der Waals surface area contributed by atoms with Crippen LogP contribution in [0.4, 0.5) is 13.2 Å². The normalized spacial score (nSPS) is 14.1. The van der Waals surface area contributed by atoms with Crippen molar-refractivity contribution in [3.05, 3.63) is 16.1 Å². The van der Waals surface area contributed by atoms with Crippen molar-refractivity contribution < 1.29 is 13.2 Å². The maximum atomic E-state index is 12.3. The van der Waals surface area contributed by atoms with E-state index >= 15 is 0 Å². The number of hydrogen-bond donors (Lipinski definition) is 1. The molecule has 1 atom stereocenters. The average Bonchev–Trinajstić information content (AvgIpc) is 2.62. The molecular formula is C10H15F3N2S. The Bertz CT molecular complexity index is 322. The third kappa shape index (κ3) is 4.09. The predicted octanol–water partition coefficient (Wildman–Crippen LogP) is 2.95. The molecule has 1 rings (SSSR count). The van der Waals surface area contributed by atoms with Crippen molar-refractivity contribution in [3.63, 3.8) is 0 Å². The summed E-state index contributed by atoms with van der Waals surface area (Å²) in [5.74, 6) is 0.321. The van der Waals surface area contributed by atoms with Crippen molar-refractivity contribution in [2.24, 2.45) is 5.92 Å². The molecule has 2 nitrogen and oxygen atoms in total. The standard InChI is InChI=1S/C10H15F3N2S/c1-3-14-5-7(2)4-8-6-15-9(16-8)10(11,12)13/h6-7,14H,3-5H2,1-2H3. The Balaban J connectivity index is 2.52. The number of nitrogens with one attached hydrogen (secondary N) is 1. The van der Waals surface area contributed by atoms with Crippen molar-refractivity contribution in [3.8, 4) is 0 Å². The van der Waals surface area contributed by atoms with E-state index in [4.69, 9.17) is 0 Å². The highest BCUT2D eigenvalue weighted by Gasteiger charge is 2.34. The summed E-state index contributed by atoms with van der Waals surface area (Å²) in [5, 5.41) is 2.42. The average molecular weight is 252 g/mol. The van der Waals surface area contributed by atoms with Crippen LogP contribution in [-0.4, -0.2) is 18.1 Å². The van der Waals surface area contributed by atoms with Gasteiger partial charge in [-0.2, -0.15) is 13.2 Å². The van der Waals surface area contributed by atoms with Gasteiger partial charge >= 0.3 is 6.18 Å². The van der Waals surface area contributed by atoms with Gasteiger partial charge in [0.25, 0.3) is 0 Å². The van der Waals surface area contributed by atoms with Crippen LogP contribution >= 0.6 is 11.3 Å². The van der Waals surface area contributed by atoms with Crippen molar-refractivity contribution >= 4 is 11.3 Å². The third-order valence-electron chi connectivity index (χ3n) is 2.09. The molecule has 0 spiro atoms. The topological polar surface area (TPSA) is 24.9 Å². The van der Waals surface area contributed by atoms with E-state index < -0.39 is 11.2 Å². The smallest absolute Gasteiger partial charge is 0.317 e. The molecule has 0 radical (unpaired) electrons. The van der Waals surface area contributed by atoms with E-state index in [1.54, 1.807) is 0 Å². The molecule has 0 aromatic carbocycles. The van der Waals surface area contributed by atoms with Crippen LogP contribution in [0.2, 0.25) is 0 Å².